The number of ether oxygens (including phenoxy) is 1. The number of hydrogen-bond acceptors (Lipinski definition) is 4. The van der Waals surface area contributed by atoms with Gasteiger partial charge in [0.05, 0.1) is 11.5 Å². The topological polar surface area (TPSA) is 64.4 Å². The van der Waals surface area contributed by atoms with E-state index in [1.807, 2.05) is 20.8 Å². The lowest BCUT2D eigenvalue weighted by molar-refractivity contribution is -0.385. The summed E-state index contributed by atoms with van der Waals surface area (Å²) in [5.41, 5.74) is 0.508. The van der Waals surface area contributed by atoms with Crippen LogP contribution in [0.25, 0.3) is 0 Å². The summed E-state index contributed by atoms with van der Waals surface area (Å²) in [5, 5.41) is 14.0. The number of hydrogen-bond donors (Lipinski definition) is 1. The third kappa shape index (κ3) is 3.62. The summed E-state index contributed by atoms with van der Waals surface area (Å²) >= 11 is 0. The number of benzene rings is 1. The Labute approximate surface area is 101 Å². The molecule has 0 bridgehead atoms. The maximum atomic E-state index is 11.0. The van der Waals surface area contributed by atoms with Crippen molar-refractivity contribution < 1.29 is 9.66 Å². The van der Waals surface area contributed by atoms with Gasteiger partial charge in [-0.25, -0.2) is 0 Å². The Bertz CT molecular complexity index is 391. The second-order valence-corrected chi connectivity index (χ2v) is 4.14. The zero-order valence-corrected chi connectivity index (χ0v) is 10.4. The Morgan fingerprint density at radius 3 is 2.71 bits per heavy atom. The van der Waals surface area contributed by atoms with Gasteiger partial charge in [0.2, 0.25) is 0 Å². The molecular weight excluding hydrogens is 220 g/mol. The Morgan fingerprint density at radius 2 is 2.18 bits per heavy atom. The fourth-order valence-electron chi connectivity index (χ4n) is 1.42. The summed E-state index contributed by atoms with van der Waals surface area (Å²) in [5.74, 6) is 0.652. The molecule has 5 heteroatoms. The van der Waals surface area contributed by atoms with Gasteiger partial charge in [-0.1, -0.05) is 19.9 Å². The summed E-state index contributed by atoms with van der Waals surface area (Å²) < 4.78 is 5.47. The van der Waals surface area contributed by atoms with Crippen LogP contribution < -0.4 is 10.1 Å². The molecule has 0 aliphatic carbocycles. The standard InChI is InChI=1S/C12H18N2O3/c1-4-13-10-6-5-7-11(12(10)14(15)16)17-8-9(2)3/h5-7,9,13H,4,8H2,1-3H3. The van der Waals surface area contributed by atoms with Crippen molar-refractivity contribution in [3.8, 4) is 5.75 Å². The lowest BCUT2D eigenvalue weighted by atomic mass is 10.2. The number of nitrogens with zero attached hydrogens (tertiary/aromatic N) is 1. The normalized spacial score (nSPS) is 10.4. The minimum atomic E-state index is -0.409. The molecule has 5 nitrogen and oxygen atoms in total. The molecule has 17 heavy (non-hydrogen) atoms. The van der Waals surface area contributed by atoms with Crippen LogP contribution >= 0.6 is 0 Å². The van der Waals surface area contributed by atoms with Gasteiger partial charge in [-0.15, -0.1) is 0 Å². The van der Waals surface area contributed by atoms with Gasteiger partial charge in [-0.2, -0.15) is 0 Å². The minimum Gasteiger partial charge on any atom is -0.486 e. The van der Waals surface area contributed by atoms with Gasteiger partial charge in [-0.05, 0) is 25.0 Å². The van der Waals surface area contributed by atoms with Gasteiger partial charge in [0.15, 0.2) is 5.75 Å². The van der Waals surface area contributed by atoms with Gasteiger partial charge >= 0.3 is 5.69 Å². The van der Waals surface area contributed by atoms with Crippen LogP contribution in [0.2, 0.25) is 0 Å². The molecule has 0 amide bonds. The first-order chi connectivity index (χ1) is 8.06. The molecule has 0 atom stereocenters. The van der Waals surface area contributed by atoms with Crippen molar-refractivity contribution in [2.24, 2.45) is 5.92 Å². The SMILES string of the molecule is CCNc1cccc(OCC(C)C)c1[N+](=O)[O-]. The van der Waals surface area contributed by atoms with Crippen LogP contribution in [0.15, 0.2) is 18.2 Å². The van der Waals surface area contributed by atoms with Crippen molar-refractivity contribution >= 4 is 11.4 Å². The third-order valence-electron chi connectivity index (χ3n) is 2.12. The molecule has 0 spiro atoms. The van der Waals surface area contributed by atoms with Crippen LogP contribution in [-0.2, 0) is 0 Å². The summed E-state index contributed by atoms with van der Waals surface area (Å²) in [6.07, 6.45) is 0. The number of nitro benzene ring substituents is 1. The number of nitro groups is 1. The van der Waals surface area contributed by atoms with Crippen molar-refractivity contribution in [2.75, 3.05) is 18.5 Å². The van der Waals surface area contributed by atoms with Gasteiger partial charge in [0.1, 0.15) is 5.69 Å². The molecule has 1 rings (SSSR count). The van der Waals surface area contributed by atoms with E-state index in [1.54, 1.807) is 18.2 Å². The van der Waals surface area contributed by atoms with Crippen LogP contribution in [-0.4, -0.2) is 18.1 Å². The molecule has 0 aromatic heterocycles. The molecule has 94 valence electrons. The molecule has 0 unspecified atom stereocenters. The van der Waals surface area contributed by atoms with Crippen LogP contribution in [0.3, 0.4) is 0 Å². The quantitative estimate of drug-likeness (QED) is 0.611. The number of anilines is 1. The van der Waals surface area contributed by atoms with E-state index in [0.29, 0.717) is 30.5 Å². The van der Waals surface area contributed by atoms with Crippen molar-refractivity contribution in [3.05, 3.63) is 28.3 Å². The Kier molecular flexibility index (Phi) is 4.75. The van der Waals surface area contributed by atoms with E-state index in [2.05, 4.69) is 5.32 Å². The summed E-state index contributed by atoms with van der Waals surface area (Å²) in [6.45, 7) is 7.00. The highest BCUT2D eigenvalue weighted by Crippen LogP contribution is 2.34. The molecule has 1 N–H and O–H groups in total. The summed E-state index contributed by atoms with van der Waals surface area (Å²) in [6, 6.07) is 5.06. The van der Waals surface area contributed by atoms with Crippen molar-refractivity contribution in [1.82, 2.24) is 0 Å². The van der Waals surface area contributed by atoms with E-state index in [0.717, 1.165) is 0 Å². The largest absolute Gasteiger partial charge is 0.486 e. The molecule has 1 aromatic carbocycles. The summed E-state index contributed by atoms with van der Waals surface area (Å²) in [4.78, 5) is 10.6. The zero-order valence-electron chi connectivity index (χ0n) is 10.4. The van der Waals surface area contributed by atoms with E-state index in [9.17, 15) is 10.1 Å². The maximum absolute atomic E-state index is 11.0. The Morgan fingerprint density at radius 1 is 1.47 bits per heavy atom. The van der Waals surface area contributed by atoms with E-state index in [-0.39, 0.29) is 5.69 Å². The van der Waals surface area contributed by atoms with E-state index < -0.39 is 4.92 Å². The van der Waals surface area contributed by atoms with E-state index in [4.69, 9.17) is 4.74 Å². The Hall–Kier alpha value is -1.78. The van der Waals surface area contributed by atoms with Gasteiger partial charge in [0.25, 0.3) is 0 Å². The molecule has 0 aliphatic rings. The van der Waals surface area contributed by atoms with Gasteiger partial charge < -0.3 is 10.1 Å². The van der Waals surface area contributed by atoms with E-state index >= 15 is 0 Å². The smallest absolute Gasteiger partial charge is 0.333 e. The summed E-state index contributed by atoms with van der Waals surface area (Å²) in [7, 11) is 0. The molecule has 0 saturated heterocycles. The number of nitrogens with one attached hydrogen (secondary N) is 1. The monoisotopic (exact) mass is 238 g/mol. The fourth-order valence-corrected chi connectivity index (χ4v) is 1.42. The lowest BCUT2D eigenvalue weighted by Crippen LogP contribution is -2.08. The Balaban J connectivity index is 3.02. The highest BCUT2D eigenvalue weighted by atomic mass is 16.6. The lowest BCUT2D eigenvalue weighted by Gasteiger charge is -2.11. The van der Waals surface area contributed by atoms with Crippen LogP contribution in [0.1, 0.15) is 20.8 Å². The van der Waals surface area contributed by atoms with Crippen molar-refractivity contribution in [3.63, 3.8) is 0 Å². The molecule has 0 saturated carbocycles. The van der Waals surface area contributed by atoms with Crippen molar-refractivity contribution in [1.29, 1.82) is 0 Å². The third-order valence-corrected chi connectivity index (χ3v) is 2.12. The molecule has 1 aromatic rings. The average molecular weight is 238 g/mol. The first-order valence-corrected chi connectivity index (χ1v) is 5.70. The predicted molar refractivity (Wildman–Crippen MR) is 67.6 cm³/mol. The first kappa shape index (κ1) is 13.3. The second-order valence-electron chi connectivity index (χ2n) is 4.14. The van der Waals surface area contributed by atoms with Gasteiger partial charge in [0, 0.05) is 6.54 Å². The molecule has 0 radical (unpaired) electrons. The highest BCUT2D eigenvalue weighted by Gasteiger charge is 2.20. The van der Waals surface area contributed by atoms with Crippen molar-refractivity contribution in [2.45, 2.75) is 20.8 Å². The average Bonchev–Trinajstić information content (AvgIpc) is 2.26. The minimum absolute atomic E-state index is 0.00926. The van der Waals surface area contributed by atoms with E-state index in [1.165, 1.54) is 0 Å². The fraction of sp³-hybridized carbons (Fsp3) is 0.500. The molecular formula is C12H18N2O3. The molecule has 0 fully saturated rings. The maximum Gasteiger partial charge on any atom is 0.333 e. The molecule has 0 aliphatic heterocycles. The second kappa shape index (κ2) is 6.08. The van der Waals surface area contributed by atoms with Crippen LogP contribution in [0.4, 0.5) is 11.4 Å². The highest BCUT2D eigenvalue weighted by molar-refractivity contribution is 5.68. The first-order valence-electron chi connectivity index (χ1n) is 5.70. The van der Waals surface area contributed by atoms with Crippen LogP contribution in [0.5, 0.6) is 5.75 Å². The predicted octanol–water partition coefficient (Wildman–Crippen LogP) is 3.06. The number of para-hydroxylation sites is 1. The van der Waals surface area contributed by atoms with Gasteiger partial charge in [-0.3, -0.25) is 10.1 Å². The number of rotatable bonds is 6. The van der Waals surface area contributed by atoms with Crippen LogP contribution in [0, 0.1) is 16.0 Å². The molecule has 0 heterocycles. The zero-order chi connectivity index (χ0) is 12.8.